The molecule has 7 nitrogen and oxygen atoms in total. The first-order valence-corrected chi connectivity index (χ1v) is 12.6. The second-order valence-electron chi connectivity index (χ2n) is 7.18. The zero-order valence-corrected chi connectivity index (χ0v) is 20.3. The Balaban J connectivity index is 1.58. The highest BCUT2D eigenvalue weighted by atomic mass is 127. The molecule has 0 saturated carbocycles. The van der Waals surface area contributed by atoms with E-state index >= 15 is 0 Å². The standard InChI is InChI=1S/C24H20IN3O4S/c25-22-10-7-18(15-21(22)23-20-4-2-1-3-16(20)11-12-26-23)28-24(30)17-5-8-19(9-6-17)33(31,32)27-13-14-29/h1-12,15,27,29H,13-14H2,(H,28,30). The minimum atomic E-state index is -3.73. The van der Waals surface area contributed by atoms with E-state index < -0.39 is 10.0 Å². The van der Waals surface area contributed by atoms with Gasteiger partial charge in [0.05, 0.1) is 17.2 Å². The largest absolute Gasteiger partial charge is 0.395 e. The third kappa shape index (κ3) is 5.22. The van der Waals surface area contributed by atoms with E-state index in [1.54, 1.807) is 6.20 Å². The number of anilines is 1. The summed E-state index contributed by atoms with van der Waals surface area (Å²) in [6.07, 6.45) is 1.77. The fourth-order valence-corrected chi connectivity index (χ4v) is 4.98. The number of amides is 1. The molecule has 1 heterocycles. The van der Waals surface area contributed by atoms with Gasteiger partial charge in [-0.3, -0.25) is 9.78 Å². The topological polar surface area (TPSA) is 108 Å². The van der Waals surface area contributed by atoms with Gasteiger partial charge < -0.3 is 10.4 Å². The van der Waals surface area contributed by atoms with Crippen LogP contribution in [0.3, 0.4) is 0 Å². The number of sulfonamides is 1. The molecule has 1 amide bonds. The number of fused-ring (bicyclic) bond motifs is 1. The van der Waals surface area contributed by atoms with Crippen molar-refractivity contribution in [3.63, 3.8) is 0 Å². The fraction of sp³-hybridized carbons (Fsp3) is 0.0833. The van der Waals surface area contributed by atoms with Crippen LogP contribution in [0.25, 0.3) is 22.0 Å². The third-order valence-electron chi connectivity index (χ3n) is 4.98. The molecular formula is C24H20IN3O4S. The lowest BCUT2D eigenvalue weighted by Crippen LogP contribution is -2.26. The quantitative estimate of drug-likeness (QED) is 0.290. The molecule has 0 spiro atoms. The Morgan fingerprint density at radius 2 is 1.76 bits per heavy atom. The highest BCUT2D eigenvalue weighted by Crippen LogP contribution is 2.32. The molecule has 0 fully saturated rings. The Morgan fingerprint density at radius 1 is 1.00 bits per heavy atom. The van der Waals surface area contributed by atoms with Gasteiger partial charge in [-0.05, 0) is 76.5 Å². The molecule has 4 rings (SSSR count). The minimum absolute atomic E-state index is 0.0195. The van der Waals surface area contributed by atoms with Crippen LogP contribution in [-0.2, 0) is 10.0 Å². The molecule has 0 radical (unpaired) electrons. The van der Waals surface area contributed by atoms with Crippen molar-refractivity contribution in [2.24, 2.45) is 0 Å². The van der Waals surface area contributed by atoms with Gasteiger partial charge >= 0.3 is 0 Å². The van der Waals surface area contributed by atoms with Crippen LogP contribution in [0.4, 0.5) is 5.69 Å². The maximum atomic E-state index is 12.8. The molecule has 0 bridgehead atoms. The Morgan fingerprint density at radius 3 is 2.52 bits per heavy atom. The number of rotatable bonds is 7. The molecule has 0 aliphatic rings. The first-order valence-electron chi connectivity index (χ1n) is 10.0. The molecule has 0 saturated heterocycles. The molecule has 168 valence electrons. The van der Waals surface area contributed by atoms with E-state index in [0.717, 1.165) is 25.6 Å². The number of pyridine rings is 1. The lowest BCUT2D eigenvalue weighted by Gasteiger charge is -2.12. The van der Waals surface area contributed by atoms with Crippen molar-refractivity contribution < 1.29 is 18.3 Å². The van der Waals surface area contributed by atoms with Gasteiger partial charge in [-0.2, -0.15) is 0 Å². The smallest absolute Gasteiger partial charge is 0.255 e. The summed E-state index contributed by atoms with van der Waals surface area (Å²) in [5, 5.41) is 13.8. The zero-order chi connectivity index (χ0) is 23.4. The van der Waals surface area contributed by atoms with Crippen LogP contribution in [0.1, 0.15) is 10.4 Å². The monoisotopic (exact) mass is 573 g/mol. The molecule has 0 atom stereocenters. The number of benzene rings is 3. The second-order valence-corrected chi connectivity index (χ2v) is 10.1. The van der Waals surface area contributed by atoms with Crippen molar-refractivity contribution in [2.75, 3.05) is 18.5 Å². The van der Waals surface area contributed by atoms with E-state index in [0.29, 0.717) is 11.3 Å². The summed E-state index contributed by atoms with van der Waals surface area (Å²) in [4.78, 5) is 17.4. The van der Waals surface area contributed by atoms with E-state index in [9.17, 15) is 13.2 Å². The number of aliphatic hydroxyl groups excluding tert-OH is 1. The van der Waals surface area contributed by atoms with Gasteiger partial charge in [0, 0.05) is 38.5 Å². The second kappa shape index (κ2) is 9.96. The van der Waals surface area contributed by atoms with Crippen molar-refractivity contribution >= 4 is 55.0 Å². The summed E-state index contributed by atoms with van der Waals surface area (Å²) in [6.45, 7) is -0.378. The number of carbonyl (C=O) groups is 1. The molecule has 9 heteroatoms. The highest BCUT2D eigenvalue weighted by Gasteiger charge is 2.15. The van der Waals surface area contributed by atoms with Crippen molar-refractivity contribution in [1.82, 2.24) is 9.71 Å². The van der Waals surface area contributed by atoms with Crippen molar-refractivity contribution in [3.8, 4) is 11.3 Å². The van der Waals surface area contributed by atoms with Gasteiger partial charge in [0.2, 0.25) is 10.0 Å². The highest BCUT2D eigenvalue weighted by molar-refractivity contribution is 14.1. The number of nitrogens with one attached hydrogen (secondary N) is 2. The number of aromatic nitrogens is 1. The van der Waals surface area contributed by atoms with Crippen LogP contribution >= 0.6 is 22.6 Å². The maximum absolute atomic E-state index is 12.8. The summed E-state index contributed by atoms with van der Waals surface area (Å²) in [5.74, 6) is -0.361. The first-order chi connectivity index (χ1) is 15.9. The minimum Gasteiger partial charge on any atom is -0.395 e. The summed E-state index contributed by atoms with van der Waals surface area (Å²) in [5.41, 5.74) is 2.66. The van der Waals surface area contributed by atoms with Crippen LogP contribution in [0, 0.1) is 3.57 Å². The molecule has 33 heavy (non-hydrogen) atoms. The van der Waals surface area contributed by atoms with Crippen LogP contribution in [0.15, 0.2) is 83.9 Å². The van der Waals surface area contributed by atoms with Crippen LogP contribution in [0.2, 0.25) is 0 Å². The molecular weight excluding hydrogens is 553 g/mol. The number of carbonyl (C=O) groups excluding carboxylic acids is 1. The molecule has 3 N–H and O–H groups in total. The SMILES string of the molecule is O=C(Nc1ccc(I)c(-c2nccc3ccccc23)c1)c1ccc(S(=O)(=O)NCCO)cc1. The summed E-state index contributed by atoms with van der Waals surface area (Å²) in [6, 6.07) is 21.2. The average molecular weight is 573 g/mol. The van der Waals surface area contributed by atoms with E-state index in [1.165, 1.54) is 24.3 Å². The van der Waals surface area contributed by atoms with Crippen molar-refractivity contribution in [2.45, 2.75) is 4.90 Å². The van der Waals surface area contributed by atoms with Crippen molar-refractivity contribution in [1.29, 1.82) is 0 Å². The van der Waals surface area contributed by atoms with Crippen molar-refractivity contribution in [3.05, 3.63) is 88.1 Å². The zero-order valence-electron chi connectivity index (χ0n) is 17.3. The molecule has 3 aromatic carbocycles. The van der Waals surface area contributed by atoms with Gasteiger partial charge in [0.15, 0.2) is 0 Å². The van der Waals surface area contributed by atoms with Gasteiger partial charge in [-0.15, -0.1) is 0 Å². The maximum Gasteiger partial charge on any atom is 0.255 e. The molecule has 0 unspecified atom stereocenters. The predicted octanol–water partition coefficient (Wildman–Crippen LogP) is 4.03. The number of halogens is 1. The Kier molecular flexibility index (Phi) is 7.03. The van der Waals surface area contributed by atoms with E-state index in [4.69, 9.17) is 5.11 Å². The average Bonchev–Trinajstić information content (AvgIpc) is 2.83. The fourth-order valence-electron chi connectivity index (χ4n) is 3.37. The normalized spacial score (nSPS) is 11.5. The summed E-state index contributed by atoms with van der Waals surface area (Å²) in [7, 11) is -3.73. The Bertz CT molecular complexity index is 1420. The van der Waals surface area contributed by atoms with Gasteiger partial charge in [-0.25, -0.2) is 13.1 Å². The lowest BCUT2D eigenvalue weighted by atomic mass is 10.0. The first kappa shape index (κ1) is 23.3. The Labute approximate surface area is 205 Å². The Hall–Kier alpha value is -2.86. The van der Waals surface area contributed by atoms with Gasteiger partial charge in [0.25, 0.3) is 5.91 Å². The van der Waals surface area contributed by atoms with E-state index in [-0.39, 0.29) is 24.0 Å². The van der Waals surface area contributed by atoms with Gasteiger partial charge in [-0.1, -0.05) is 24.3 Å². The van der Waals surface area contributed by atoms with Gasteiger partial charge in [0.1, 0.15) is 0 Å². The number of nitrogens with zero attached hydrogens (tertiary/aromatic N) is 1. The number of hydrogen-bond donors (Lipinski definition) is 3. The van der Waals surface area contributed by atoms with Crippen LogP contribution in [0.5, 0.6) is 0 Å². The van der Waals surface area contributed by atoms with Crippen LogP contribution in [-0.4, -0.2) is 37.6 Å². The van der Waals surface area contributed by atoms with E-state index in [2.05, 4.69) is 37.6 Å². The van der Waals surface area contributed by atoms with E-state index in [1.807, 2.05) is 48.5 Å². The molecule has 0 aliphatic carbocycles. The predicted molar refractivity (Wildman–Crippen MR) is 137 cm³/mol. The molecule has 0 aliphatic heterocycles. The number of aliphatic hydroxyl groups is 1. The lowest BCUT2D eigenvalue weighted by molar-refractivity contribution is 0.102. The molecule has 1 aromatic heterocycles. The molecule has 4 aromatic rings. The third-order valence-corrected chi connectivity index (χ3v) is 7.40. The number of hydrogen-bond acceptors (Lipinski definition) is 5. The van der Waals surface area contributed by atoms with Crippen LogP contribution < -0.4 is 10.0 Å². The summed E-state index contributed by atoms with van der Waals surface area (Å²) >= 11 is 2.25. The summed E-state index contributed by atoms with van der Waals surface area (Å²) < 4.78 is 27.5.